The minimum Gasteiger partial charge on any atom is -0.453 e. The predicted octanol–water partition coefficient (Wildman–Crippen LogP) is 4.48. The number of ether oxygens (including phenoxy) is 1. The molecule has 7 nitrogen and oxygen atoms in total. The summed E-state index contributed by atoms with van der Waals surface area (Å²) in [5.74, 6) is -0.137. The van der Waals surface area contributed by atoms with Gasteiger partial charge < -0.3 is 19.1 Å². The molecule has 2 saturated heterocycles. The van der Waals surface area contributed by atoms with Gasteiger partial charge in [-0.1, -0.05) is 25.1 Å². The minimum absolute atomic E-state index is 0.0247. The number of para-hydroxylation sites is 1. The van der Waals surface area contributed by atoms with Gasteiger partial charge in [-0.05, 0) is 50.8 Å². The molecule has 6 rings (SSSR count). The van der Waals surface area contributed by atoms with E-state index in [2.05, 4.69) is 17.4 Å². The van der Waals surface area contributed by atoms with Crippen molar-refractivity contribution in [3.8, 4) is 11.4 Å². The molecule has 0 amide bonds. The highest BCUT2D eigenvalue weighted by atomic mass is 16.5. The molecule has 3 aliphatic heterocycles. The second kappa shape index (κ2) is 10.3. The molecule has 1 atom stereocenters. The third-order valence-electron chi connectivity index (χ3n) is 9.18. The number of hydrogen-bond donors (Lipinski definition) is 1. The van der Waals surface area contributed by atoms with E-state index in [9.17, 15) is 9.59 Å². The average molecular weight is 516 g/mol. The summed E-state index contributed by atoms with van der Waals surface area (Å²) in [5.41, 5.74) is 5.09. The van der Waals surface area contributed by atoms with Crippen LogP contribution < -0.4 is 10.9 Å². The van der Waals surface area contributed by atoms with Gasteiger partial charge >= 0.3 is 5.97 Å². The zero-order valence-corrected chi connectivity index (χ0v) is 22.7. The van der Waals surface area contributed by atoms with E-state index < -0.39 is 6.10 Å². The van der Waals surface area contributed by atoms with Crippen LogP contribution in [0.1, 0.15) is 68.2 Å². The summed E-state index contributed by atoms with van der Waals surface area (Å²) >= 11 is 0. The quantitative estimate of drug-likeness (QED) is 0.303. The summed E-state index contributed by atoms with van der Waals surface area (Å²) in [7, 11) is 0. The van der Waals surface area contributed by atoms with Gasteiger partial charge in [0.25, 0.3) is 5.56 Å². The molecule has 1 N–H and O–H groups in total. The Balaban J connectivity index is 1.29. The van der Waals surface area contributed by atoms with Gasteiger partial charge in [-0.15, -0.1) is 0 Å². The van der Waals surface area contributed by atoms with E-state index >= 15 is 0 Å². The topological polar surface area (TPSA) is 73.2 Å². The largest absolute Gasteiger partial charge is 0.453 e. The number of rotatable bonds is 6. The number of benzene rings is 1. The van der Waals surface area contributed by atoms with Gasteiger partial charge in [0, 0.05) is 48.0 Å². The van der Waals surface area contributed by atoms with Crippen LogP contribution in [0, 0.1) is 6.92 Å². The molecule has 5 heterocycles. The minimum atomic E-state index is -0.441. The Bertz CT molecular complexity index is 1420. The number of pyridine rings is 2. The maximum atomic E-state index is 13.5. The zero-order chi connectivity index (χ0) is 26.3. The van der Waals surface area contributed by atoms with Crippen molar-refractivity contribution in [3.63, 3.8) is 0 Å². The van der Waals surface area contributed by atoms with Crippen LogP contribution in [-0.2, 0) is 16.1 Å². The van der Waals surface area contributed by atoms with Crippen molar-refractivity contribution in [1.82, 2.24) is 14.9 Å². The first-order valence-corrected chi connectivity index (χ1v) is 14.4. The zero-order valence-electron chi connectivity index (χ0n) is 22.7. The summed E-state index contributed by atoms with van der Waals surface area (Å²) < 4.78 is 8.90. The Morgan fingerprint density at radius 3 is 2.68 bits per heavy atom. The van der Waals surface area contributed by atoms with Crippen molar-refractivity contribution in [2.75, 3.05) is 32.7 Å². The first-order valence-electron chi connectivity index (χ1n) is 14.4. The molecule has 2 fully saturated rings. The number of hydrogen-bond acceptors (Lipinski definition) is 5. The number of likely N-dealkylation sites (tertiary alicyclic amines) is 1. The van der Waals surface area contributed by atoms with Crippen molar-refractivity contribution in [2.24, 2.45) is 0 Å². The summed E-state index contributed by atoms with van der Waals surface area (Å²) in [4.78, 5) is 32.0. The van der Waals surface area contributed by atoms with Crippen LogP contribution in [0.5, 0.6) is 0 Å². The van der Waals surface area contributed by atoms with Crippen LogP contribution in [0.2, 0.25) is 0 Å². The maximum absolute atomic E-state index is 13.5. The monoisotopic (exact) mass is 515 g/mol. The molecule has 3 aromatic rings. The standard InChI is InChI=1S/C31H39N4O3/c1-3-28(38-29(36)20-35(15-7-4-8-16-35)24-11-13-32-14-12-24)25-18-27-30-23(19-34(27)31(37)21(25)2)17-22-9-5-6-10-26(22)33-30/h5-6,9-10,17-18,24,28,32H,3-4,7-8,11-16,19-20H2,1-2H3/q+1. The number of carbonyl (C=O) groups excluding carboxylic acids is 1. The molecule has 2 aromatic heterocycles. The summed E-state index contributed by atoms with van der Waals surface area (Å²) in [6.45, 7) is 9.02. The summed E-state index contributed by atoms with van der Waals surface area (Å²) in [6.07, 6.45) is 6.02. The highest BCUT2D eigenvalue weighted by Crippen LogP contribution is 2.35. The van der Waals surface area contributed by atoms with Gasteiger partial charge in [0.15, 0.2) is 6.54 Å². The molecule has 1 aromatic carbocycles. The molecule has 0 saturated carbocycles. The lowest BCUT2D eigenvalue weighted by Crippen LogP contribution is -2.62. The van der Waals surface area contributed by atoms with Gasteiger partial charge in [-0.25, -0.2) is 9.78 Å². The van der Waals surface area contributed by atoms with E-state index in [0.29, 0.717) is 31.1 Å². The maximum Gasteiger partial charge on any atom is 0.362 e. The molecule has 3 aliphatic rings. The van der Waals surface area contributed by atoms with Crippen LogP contribution in [0.15, 0.2) is 41.2 Å². The van der Waals surface area contributed by atoms with E-state index in [0.717, 1.165) is 76.9 Å². The van der Waals surface area contributed by atoms with E-state index in [1.807, 2.05) is 42.7 Å². The Morgan fingerprint density at radius 1 is 1.16 bits per heavy atom. The fourth-order valence-corrected chi connectivity index (χ4v) is 7.10. The first kappa shape index (κ1) is 25.3. The van der Waals surface area contributed by atoms with Crippen LogP contribution in [0.4, 0.5) is 0 Å². The number of nitrogens with zero attached hydrogens (tertiary/aromatic N) is 3. The van der Waals surface area contributed by atoms with Crippen molar-refractivity contribution in [2.45, 2.75) is 71.1 Å². The first-order chi connectivity index (χ1) is 18.5. The lowest BCUT2D eigenvalue weighted by Gasteiger charge is -2.48. The number of aromatic nitrogens is 2. The Morgan fingerprint density at radius 2 is 1.92 bits per heavy atom. The van der Waals surface area contributed by atoms with E-state index in [4.69, 9.17) is 9.72 Å². The van der Waals surface area contributed by atoms with Crippen molar-refractivity contribution in [1.29, 1.82) is 0 Å². The Kier molecular flexibility index (Phi) is 6.82. The molecule has 0 bridgehead atoms. The number of fused-ring (bicyclic) bond motifs is 4. The van der Waals surface area contributed by atoms with Gasteiger partial charge in [0.1, 0.15) is 6.10 Å². The number of piperidine rings is 2. The van der Waals surface area contributed by atoms with Gasteiger partial charge in [-0.3, -0.25) is 4.79 Å². The molecular formula is C31H39N4O3+. The fraction of sp³-hybridized carbons (Fsp3) is 0.516. The normalized spacial score (nSPS) is 19.6. The highest BCUT2D eigenvalue weighted by molar-refractivity contribution is 5.84. The summed E-state index contributed by atoms with van der Waals surface area (Å²) in [5, 5.41) is 4.55. The third-order valence-corrected chi connectivity index (χ3v) is 9.18. The number of nitrogens with one attached hydrogen (secondary N) is 1. The van der Waals surface area contributed by atoms with E-state index in [-0.39, 0.29) is 11.5 Å². The van der Waals surface area contributed by atoms with Gasteiger partial charge in [0.05, 0.1) is 42.6 Å². The van der Waals surface area contributed by atoms with Crippen molar-refractivity contribution < 1.29 is 14.0 Å². The molecular weight excluding hydrogens is 476 g/mol. The average Bonchev–Trinajstić information content (AvgIpc) is 3.31. The van der Waals surface area contributed by atoms with Crippen LogP contribution in [0.25, 0.3) is 22.3 Å². The number of carbonyl (C=O) groups is 1. The SMILES string of the molecule is CCC(OC(=O)C[N+]1(C2CCNCC2)CCCCC1)c1cc2n(c(=O)c1C)Cc1cc3ccccc3nc1-2. The molecule has 0 spiro atoms. The Labute approximate surface area is 224 Å². The van der Waals surface area contributed by atoms with Crippen LogP contribution >= 0.6 is 0 Å². The molecule has 38 heavy (non-hydrogen) atoms. The van der Waals surface area contributed by atoms with Crippen LogP contribution in [-0.4, -0.2) is 58.8 Å². The Hall–Kier alpha value is -3.03. The smallest absolute Gasteiger partial charge is 0.362 e. The summed E-state index contributed by atoms with van der Waals surface area (Å²) in [6, 6.07) is 12.8. The van der Waals surface area contributed by atoms with Gasteiger partial charge in [0.2, 0.25) is 0 Å². The lowest BCUT2D eigenvalue weighted by molar-refractivity contribution is -0.949. The molecule has 0 aliphatic carbocycles. The van der Waals surface area contributed by atoms with E-state index in [1.54, 1.807) is 0 Å². The van der Waals surface area contributed by atoms with Crippen molar-refractivity contribution in [3.05, 3.63) is 63.4 Å². The van der Waals surface area contributed by atoms with E-state index in [1.165, 1.54) is 19.3 Å². The number of esters is 1. The van der Waals surface area contributed by atoms with Gasteiger partial charge in [-0.2, -0.15) is 0 Å². The third kappa shape index (κ3) is 4.46. The second-order valence-electron chi connectivity index (χ2n) is 11.4. The molecule has 7 heteroatoms. The van der Waals surface area contributed by atoms with Crippen molar-refractivity contribution >= 4 is 16.9 Å². The molecule has 200 valence electrons. The lowest BCUT2D eigenvalue weighted by atomic mass is 9.96. The molecule has 0 radical (unpaired) electrons. The fourth-order valence-electron chi connectivity index (χ4n) is 7.10. The predicted molar refractivity (Wildman–Crippen MR) is 149 cm³/mol. The van der Waals surface area contributed by atoms with Crippen LogP contribution in [0.3, 0.4) is 0 Å². The highest BCUT2D eigenvalue weighted by Gasteiger charge is 2.41. The second-order valence-corrected chi connectivity index (χ2v) is 11.4. The molecule has 1 unspecified atom stereocenters. The number of quaternary nitrogens is 1.